The molecular formula is C12H10N2O. The number of H-pyrrole nitrogens is 1. The Morgan fingerprint density at radius 3 is 3.07 bits per heavy atom. The molecule has 3 heteroatoms. The van der Waals surface area contributed by atoms with Crippen LogP contribution in [0.5, 0.6) is 0 Å². The molecule has 0 saturated heterocycles. The quantitative estimate of drug-likeness (QED) is 0.763. The third kappa shape index (κ3) is 1.32. The van der Waals surface area contributed by atoms with E-state index in [2.05, 4.69) is 22.1 Å². The summed E-state index contributed by atoms with van der Waals surface area (Å²) in [5, 5.41) is 0. The van der Waals surface area contributed by atoms with E-state index in [0.29, 0.717) is 6.61 Å². The minimum atomic E-state index is 0.639. The topological polar surface area (TPSA) is 37.9 Å². The first kappa shape index (κ1) is 8.29. The molecule has 0 aliphatic carbocycles. The molecule has 0 unspecified atom stereocenters. The van der Waals surface area contributed by atoms with Gasteiger partial charge in [0.05, 0.1) is 11.8 Å². The van der Waals surface area contributed by atoms with Gasteiger partial charge in [-0.1, -0.05) is 24.3 Å². The fraction of sp³-hybridized carbons (Fsp3) is 0.0833. The van der Waals surface area contributed by atoms with Crippen molar-refractivity contribution in [3.05, 3.63) is 59.9 Å². The molecule has 0 fully saturated rings. The maximum absolute atomic E-state index is 5.41. The highest BCUT2D eigenvalue weighted by Gasteiger charge is 2.15. The lowest BCUT2D eigenvalue weighted by atomic mass is 9.99. The number of imidazole rings is 1. The van der Waals surface area contributed by atoms with Crippen LogP contribution >= 0.6 is 0 Å². The number of nitrogens with zero attached hydrogens (tertiary/aromatic N) is 1. The van der Waals surface area contributed by atoms with Gasteiger partial charge >= 0.3 is 0 Å². The van der Waals surface area contributed by atoms with E-state index in [-0.39, 0.29) is 0 Å². The zero-order valence-electron chi connectivity index (χ0n) is 8.10. The van der Waals surface area contributed by atoms with Gasteiger partial charge in [-0.15, -0.1) is 0 Å². The lowest BCUT2D eigenvalue weighted by Gasteiger charge is -2.16. The second kappa shape index (κ2) is 3.28. The molecule has 1 aliphatic rings. The molecule has 15 heavy (non-hydrogen) atoms. The summed E-state index contributed by atoms with van der Waals surface area (Å²) in [6, 6.07) is 8.21. The van der Waals surface area contributed by atoms with Gasteiger partial charge in [0.15, 0.2) is 0 Å². The minimum absolute atomic E-state index is 0.639. The number of nitrogens with one attached hydrogen (secondary N) is 1. The Kier molecular flexibility index (Phi) is 1.81. The average molecular weight is 198 g/mol. The van der Waals surface area contributed by atoms with Gasteiger partial charge < -0.3 is 9.72 Å². The van der Waals surface area contributed by atoms with Crippen molar-refractivity contribution in [2.45, 2.75) is 6.61 Å². The van der Waals surface area contributed by atoms with E-state index >= 15 is 0 Å². The summed E-state index contributed by atoms with van der Waals surface area (Å²) in [7, 11) is 0. The number of aromatic amines is 1. The van der Waals surface area contributed by atoms with Crippen LogP contribution in [0.15, 0.2) is 42.9 Å². The van der Waals surface area contributed by atoms with Crippen LogP contribution in [0.1, 0.15) is 17.0 Å². The van der Waals surface area contributed by atoms with Crippen molar-refractivity contribution in [1.29, 1.82) is 0 Å². The maximum atomic E-state index is 5.41. The molecule has 2 heterocycles. The van der Waals surface area contributed by atoms with E-state index in [4.69, 9.17) is 4.74 Å². The van der Waals surface area contributed by atoms with Gasteiger partial charge in [-0.2, -0.15) is 0 Å². The minimum Gasteiger partial charge on any atom is -0.496 e. The van der Waals surface area contributed by atoms with Crippen molar-refractivity contribution >= 4 is 5.57 Å². The number of fused-ring (bicyclic) bond motifs is 1. The van der Waals surface area contributed by atoms with Gasteiger partial charge in [0.2, 0.25) is 0 Å². The molecule has 0 radical (unpaired) electrons. The van der Waals surface area contributed by atoms with Crippen molar-refractivity contribution in [2.24, 2.45) is 0 Å². The molecule has 3 nitrogen and oxygen atoms in total. The monoisotopic (exact) mass is 198 g/mol. The Labute approximate surface area is 87.4 Å². The van der Waals surface area contributed by atoms with Crippen LogP contribution in [-0.4, -0.2) is 9.97 Å². The van der Waals surface area contributed by atoms with E-state index in [1.807, 2.05) is 18.3 Å². The lowest BCUT2D eigenvalue weighted by Crippen LogP contribution is -2.03. The van der Waals surface area contributed by atoms with Crippen LogP contribution in [0.4, 0.5) is 0 Å². The summed E-state index contributed by atoms with van der Waals surface area (Å²) in [4.78, 5) is 7.32. The number of benzene rings is 1. The molecular weight excluding hydrogens is 188 g/mol. The second-order valence-electron chi connectivity index (χ2n) is 3.44. The highest BCUT2D eigenvalue weighted by molar-refractivity contribution is 5.78. The van der Waals surface area contributed by atoms with Crippen molar-refractivity contribution < 1.29 is 4.74 Å². The van der Waals surface area contributed by atoms with Crippen LogP contribution in [0, 0.1) is 0 Å². The smallest absolute Gasteiger partial charge is 0.140 e. The fourth-order valence-corrected chi connectivity index (χ4v) is 1.78. The molecule has 1 aromatic heterocycles. The van der Waals surface area contributed by atoms with Gasteiger partial charge in [-0.25, -0.2) is 4.98 Å². The number of ether oxygens (including phenoxy) is 1. The summed E-state index contributed by atoms with van der Waals surface area (Å²) >= 11 is 0. The van der Waals surface area contributed by atoms with Crippen LogP contribution in [-0.2, 0) is 11.3 Å². The molecule has 74 valence electrons. The first-order valence-corrected chi connectivity index (χ1v) is 4.85. The Morgan fingerprint density at radius 2 is 2.20 bits per heavy atom. The average Bonchev–Trinajstić information content (AvgIpc) is 2.82. The molecule has 0 bridgehead atoms. The zero-order valence-corrected chi connectivity index (χ0v) is 8.10. The van der Waals surface area contributed by atoms with Gasteiger partial charge in [-0.3, -0.25) is 0 Å². The highest BCUT2D eigenvalue weighted by Crippen LogP contribution is 2.28. The Bertz CT molecular complexity index is 500. The maximum Gasteiger partial charge on any atom is 0.140 e. The van der Waals surface area contributed by atoms with Gasteiger partial charge in [0.1, 0.15) is 12.4 Å². The van der Waals surface area contributed by atoms with Crippen LogP contribution in [0.25, 0.3) is 5.57 Å². The normalized spacial score (nSPS) is 14.0. The van der Waals surface area contributed by atoms with Crippen LogP contribution in [0.2, 0.25) is 0 Å². The Hall–Kier alpha value is -2.03. The van der Waals surface area contributed by atoms with Crippen molar-refractivity contribution in [3.63, 3.8) is 0 Å². The lowest BCUT2D eigenvalue weighted by molar-refractivity contribution is 0.233. The third-order valence-electron chi connectivity index (χ3n) is 2.50. The molecule has 1 N–H and O–H groups in total. The third-order valence-corrected chi connectivity index (χ3v) is 2.50. The largest absolute Gasteiger partial charge is 0.496 e. The van der Waals surface area contributed by atoms with Gasteiger partial charge in [0.25, 0.3) is 0 Å². The van der Waals surface area contributed by atoms with Crippen molar-refractivity contribution in [1.82, 2.24) is 9.97 Å². The van der Waals surface area contributed by atoms with E-state index in [1.165, 1.54) is 11.1 Å². The predicted octanol–water partition coefficient (Wildman–Crippen LogP) is 2.33. The molecule has 1 aromatic carbocycles. The Balaban J connectivity index is 2.15. The predicted molar refractivity (Wildman–Crippen MR) is 56.9 cm³/mol. The number of hydrogen-bond acceptors (Lipinski definition) is 2. The molecule has 0 spiro atoms. The zero-order chi connectivity index (χ0) is 10.1. The molecule has 1 aliphatic heterocycles. The summed E-state index contributed by atoms with van der Waals surface area (Å²) in [5.41, 5.74) is 3.41. The highest BCUT2D eigenvalue weighted by atomic mass is 16.5. The SMILES string of the molecule is C1=C(c2ncc[nH]2)c2ccccc2CO1. The molecule has 0 atom stereocenters. The van der Waals surface area contributed by atoms with E-state index < -0.39 is 0 Å². The van der Waals surface area contributed by atoms with Gasteiger partial charge in [-0.05, 0) is 11.1 Å². The molecule has 0 amide bonds. The summed E-state index contributed by atoms with van der Waals surface area (Å²) in [6.07, 6.45) is 5.32. The number of hydrogen-bond donors (Lipinski definition) is 1. The van der Waals surface area contributed by atoms with Crippen LogP contribution in [0.3, 0.4) is 0 Å². The van der Waals surface area contributed by atoms with Gasteiger partial charge in [0, 0.05) is 12.4 Å². The molecule has 0 saturated carbocycles. The summed E-state index contributed by atoms with van der Waals surface area (Å²) < 4.78 is 5.41. The summed E-state index contributed by atoms with van der Waals surface area (Å²) in [5.74, 6) is 0.849. The van der Waals surface area contributed by atoms with E-state index in [1.54, 1.807) is 12.5 Å². The first-order valence-electron chi connectivity index (χ1n) is 4.85. The van der Waals surface area contributed by atoms with Crippen LogP contribution < -0.4 is 0 Å². The second-order valence-corrected chi connectivity index (χ2v) is 3.44. The Morgan fingerprint density at radius 1 is 1.27 bits per heavy atom. The fourth-order valence-electron chi connectivity index (χ4n) is 1.78. The standard InChI is InChI=1S/C12H10N2O/c1-2-4-10-9(3-1)7-15-8-11(10)12-13-5-6-14-12/h1-6,8H,7H2,(H,13,14). The number of aromatic nitrogens is 2. The summed E-state index contributed by atoms with van der Waals surface area (Å²) in [6.45, 7) is 0.639. The van der Waals surface area contributed by atoms with Crippen molar-refractivity contribution in [3.8, 4) is 0 Å². The molecule has 2 aromatic rings. The van der Waals surface area contributed by atoms with E-state index in [0.717, 1.165) is 11.4 Å². The molecule has 3 rings (SSSR count). The first-order chi connectivity index (χ1) is 7.45. The number of rotatable bonds is 1. The van der Waals surface area contributed by atoms with E-state index in [9.17, 15) is 0 Å². The van der Waals surface area contributed by atoms with Crippen molar-refractivity contribution in [2.75, 3.05) is 0 Å².